The molecule has 3 aromatic carbocycles. The number of benzene rings is 1. The third-order valence-corrected chi connectivity index (χ3v) is 3.76. The zero-order valence-corrected chi connectivity index (χ0v) is 12.2. The second kappa shape index (κ2) is 8.65. The largest absolute Gasteiger partial charge is 2.00 e. The SMILES string of the molecule is O=[S@@](c1ccccc1)c1ccc[cH-]1.[Fe+2].c1cc[cH-]c1. The molecule has 0 aliphatic rings. The molecule has 0 bridgehead atoms. The second-order valence-corrected chi connectivity index (χ2v) is 5.14. The summed E-state index contributed by atoms with van der Waals surface area (Å²) in [6, 6.07) is 27.0. The summed E-state index contributed by atoms with van der Waals surface area (Å²) in [5.74, 6) is 0. The van der Waals surface area contributed by atoms with Crippen molar-refractivity contribution < 1.29 is 21.3 Å². The van der Waals surface area contributed by atoms with Crippen LogP contribution >= 0.6 is 0 Å². The average Bonchev–Trinajstić information content (AvgIpc) is 3.14. The molecule has 0 saturated heterocycles. The van der Waals surface area contributed by atoms with Gasteiger partial charge in [-0.1, -0.05) is 23.1 Å². The molecule has 0 N–H and O–H groups in total. The van der Waals surface area contributed by atoms with Gasteiger partial charge in [0.25, 0.3) is 0 Å². The fourth-order valence-corrected chi connectivity index (χ4v) is 2.56. The van der Waals surface area contributed by atoms with Crippen LogP contribution in [0, 0.1) is 0 Å². The van der Waals surface area contributed by atoms with Crippen LogP contribution in [-0.2, 0) is 27.9 Å². The third-order valence-electron chi connectivity index (χ3n) is 2.36. The first-order valence-corrected chi connectivity index (χ1v) is 6.88. The molecule has 0 unspecified atom stereocenters. The van der Waals surface area contributed by atoms with Crippen molar-refractivity contribution in [3.05, 3.63) is 84.9 Å². The van der Waals surface area contributed by atoms with Gasteiger partial charge in [0.05, 0.1) is 10.8 Å². The third kappa shape index (κ3) is 4.99. The number of rotatable bonds is 2. The first-order valence-electron chi connectivity index (χ1n) is 5.73. The summed E-state index contributed by atoms with van der Waals surface area (Å²) >= 11 is 0. The van der Waals surface area contributed by atoms with E-state index in [-0.39, 0.29) is 17.1 Å². The van der Waals surface area contributed by atoms with E-state index in [0.717, 1.165) is 9.79 Å². The van der Waals surface area contributed by atoms with Gasteiger partial charge >= 0.3 is 17.1 Å². The molecule has 1 atom stereocenters. The van der Waals surface area contributed by atoms with Gasteiger partial charge in [-0.3, -0.25) is 4.21 Å². The van der Waals surface area contributed by atoms with Crippen LogP contribution in [0.2, 0.25) is 0 Å². The fourth-order valence-electron chi connectivity index (χ4n) is 1.48. The van der Waals surface area contributed by atoms with E-state index in [1.54, 1.807) is 0 Å². The first kappa shape index (κ1) is 15.6. The van der Waals surface area contributed by atoms with Crippen LogP contribution in [0.25, 0.3) is 0 Å². The van der Waals surface area contributed by atoms with Gasteiger partial charge in [-0.25, -0.2) is 18.2 Å². The van der Waals surface area contributed by atoms with Crippen molar-refractivity contribution in [2.24, 2.45) is 0 Å². The topological polar surface area (TPSA) is 17.1 Å². The molecule has 1 nitrogen and oxygen atoms in total. The summed E-state index contributed by atoms with van der Waals surface area (Å²) in [5, 5.41) is 0. The molecule has 0 aromatic heterocycles. The minimum absolute atomic E-state index is 0. The Balaban J connectivity index is 0.000000256. The molecule has 0 aliphatic heterocycles. The standard InChI is InChI=1S/C11H9OS.C5H5.Fe/c12-13(11-8-4-5-9-11)10-6-2-1-3-7-10;1-2-4-5-3-1;/h1-9H;1-5H;/q2*-1;+2/t13-;;/m0../s1. The summed E-state index contributed by atoms with van der Waals surface area (Å²) in [5.41, 5.74) is 0. The summed E-state index contributed by atoms with van der Waals surface area (Å²) < 4.78 is 11.8. The quantitative estimate of drug-likeness (QED) is 0.517. The van der Waals surface area contributed by atoms with Crippen LogP contribution in [0.15, 0.2) is 94.7 Å². The van der Waals surface area contributed by atoms with Crippen LogP contribution in [0.5, 0.6) is 0 Å². The molecule has 98 valence electrons. The van der Waals surface area contributed by atoms with E-state index in [1.807, 2.05) is 84.9 Å². The van der Waals surface area contributed by atoms with Crippen LogP contribution in [0.4, 0.5) is 0 Å². The Morgan fingerprint density at radius 3 is 1.95 bits per heavy atom. The maximum atomic E-state index is 11.8. The van der Waals surface area contributed by atoms with Gasteiger partial charge in [-0.15, -0.1) is 0 Å². The van der Waals surface area contributed by atoms with Gasteiger partial charge in [0.15, 0.2) is 0 Å². The van der Waals surface area contributed by atoms with Gasteiger partial charge < -0.3 is 0 Å². The Labute approximate surface area is 127 Å². The summed E-state index contributed by atoms with van der Waals surface area (Å²) in [4.78, 5) is 1.72. The molecule has 3 heteroatoms. The molecule has 0 radical (unpaired) electrons. The molecule has 0 fully saturated rings. The van der Waals surface area contributed by atoms with E-state index in [0.29, 0.717) is 0 Å². The monoisotopic (exact) mass is 310 g/mol. The van der Waals surface area contributed by atoms with Crippen LogP contribution in [-0.4, -0.2) is 4.21 Å². The van der Waals surface area contributed by atoms with E-state index < -0.39 is 10.8 Å². The Bertz CT molecular complexity index is 539. The maximum Gasteiger partial charge on any atom is 2.00 e. The van der Waals surface area contributed by atoms with Crippen molar-refractivity contribution in [3.63, 3.8) is 0 Å². The van der Waals surface area contributed by atoms with Crippen LogP contribution in [0.1, 0.15) is 0 Å². The zero-order valence-electron chi connectivity index (χ0n) is 10.3. The van der Waals surface area contributed by atoms with Crippen molar-refractivity contribution in [2.45, 2.75) is 9.79 Å². The Morgan fingerprint density at radius 1 is 0.789 bits per heavy atom. The van der Waals surface area contributed by atoms with Crippen LogP contribution < -0.4 is 0 Å². The predicted molar refractivity (Wildman–Crippen MR) is 75.2 cm³/mol. The molecule has 3 rings (SSSR count). The molecular weight excluding hydrogens is 296 g/mol. The predicted octanol–water partition coefficient (Wildman–Crippen LogP) is 3.98. The Kier molecular flexibility index (Phi) is 7.12. The van der Waals surface area contributed by atoms with E-state index in [9.17, 15) is 4.21 Å². The van der Waals surface area contributed by atoms with E-state index in [4.69, 9.17) is 0 Å². The minimum Gasteiger partial charge on any atom is -0.251 e. The molecule has 0 heterocycles. The normalized spacial score (nSPS) is 10.7. The molecular formula is C16H14FeOS. The van der Waals surface area contributed by atoms with Crippen molar-refractivity contribution in [3.8, 4) is 0 Å². The average molecular weight is 310 g/mol. The van der Waals surface area contributed by atoms with Crippen molar-refractivity contribution >= 4 is 10.8 Å². The van der Waals surface area contributed by atoms with E-state index in [2.05, 4.69) is 0 Å². The minimum atomic E-state index is -1.02. The Hall–Kier alpha value is -1.41. The van der Waals surface area contributed by atoms with Crippen molar-refractivity contribution in [1.29, 1.82) is 0 Å². The molecule has 0 aliphatic carbocycles. The van der Waals surface area contributed by atoms with Gasteiger partial charge in [0, 0.05) is 4.90 Å². The second-order valence-electron chi connectivity index (χ2n) is 3.66. The van der Waals surface area contributed by atoms with E-state index in [1.165, 1.54) is 0 Å². The first-order chi connectivity index (χ1) is 8.88. The van der Waals surface area contributed by atoms with Gasteiger partial charge in [-0.05, 0) is 12.1 Å². The maximum absolute atomic E-state index is 11.8. The van der Waals surface area contributed by atoms with Crippen LogP contribution in [0.3, 0.4) is 0 Å². The van der Waals surface area contributed by atoms with Gasteiger partial charge in [-0.2, -0.15) is 36.4 Å². The van der Waals surface area contributed by atoms with Gasteiger partial charge in [0.1, 0.15) is 0 Å². The molecule has 3 aromatic rings. The summed E-state index contributed by atoms with van der Waals surface area (Å²) in [6.07, 6.45) is 0. The summed E-state index contributed by atoms with van der Waals surface area (Å²) in [6.45, 7) is 0. The number of hydrogen-bond donors (Lipinski definition) is 0. The summed E-state index contributed by atoms with van der Waals surface area (Å²) in [7, 11) is -1.02. The fraction of sp³-hybridized carbons (Fsp3) is 0. The van der Waals surface area contributed by atoms with Crippen molar-refractivity contribution in [1.82, 2.24) is 0 Å². The number of hydrogen-bond acceptors (Lipinski definition) is 1. The zero-order chi connectivity index (χ0) is 12.6. The van der Waals surface area contributed by atoms with Gasteiger partial charge in [0.2, 0.25) is 0 Å². The molecule has 0 amide bonds. The molecule has 0 spiro atoms. The van der Waals surface area contributed by atoms with E-state index >= 15 is 0 Å². The Morgan fingerprint density at radius 2 is 1.47 bits per heavy atom. The van der Waals surface area contributed by atoms with Crippen molar-refractivity contribution in [2.75, 3.05) is 0 Å². The smallest absolute Gasteiger partial charge is 0.251 e. The molecule has 0 saturated carbocycles. The molecule has 19 heavy (non-hydrogen) atoms.